The van der Waals surface area contributed by atoms with Crippen molar-refractivity contribution in [3.63, 3.8) is 0 Å². The SMILES string of the molecule is Cc1cccc(C(=O)NCC(=O)OCC(=O)N(C)C2CCC(C)CC2)c1. The molecule has 0 radical (unpaired) electrons. The molecule has 1 N–H and O–H groups in total. The van der Waals surface area contributed by atoms with Gasteiger partial charge in [-0.05, 0) is 50.7 Å². The van der Waals surface area contributed by atoms with Gasteiger partial charge in [0.15, 0.2) is 6.61 Å². The molecule has 0 unspecified atom stereocenters. The third-order valence-corrected chi connectivity index (χ3v) is 4.96. The van der Waals surface area contributed by atoms with Gasteiger partial charge in [-0.3, -0.25) is 14.4 Å². The summed E-state index contributed by atoms with van der Waals surface area (Å²) in [6, 6.07) is 7.31. The molecule has 0 aromatic heterocycles. The fourth-order valence-electron chi connectivity index (χ4n) is 3.17. The van der Waals surface area contributed by atoms with Gasteiger partial charge >= 0.3 is 5.97 Å². The molecule has 26 heavy (non-hydrogen) atoms. The highest BCUT2D eigenvalue weighted by molar-refractivity contribution is 5.96. The Morgan fingerprint density at radius 3 is 2.54 bits per heavy atom. The smallest absolute Gasteiger partial charge is 0.325 e. The van der Waals surface area contributed by atoms with E-state index in [0.29, 0.717) is 11.5 Å². The van der Waals surface area contributed by atoms with E-state index in [-0.39, 0.29) is 31.0 Å². The minimum atomic E-state index is -0.620. The molecule has 6 nitrogen and oxygen atoms in total. The number of carbonyl (C=O) groups excluding carboxylic acids is 3. The van der Waals surface area contributed by atoms with Crippen LogP contribution in [0.2, 0.25) is 0 Å². The number of hydrogen-bond acceptors (Lipinski definition) is 4. The van der Waals surface area contributed by atoms with E-state index in [1.807, 2.05) is 13.0 Å². The third-order valence-electron chi connectivity index (χ3n) is 4.96. The van der Waals surface area contributed by atoms with Crippen LogP contribution >= 0.6 is 0 Å². The number of aryl methyl sites for hydroxylation is 1. The Balaban J connectivity index is 1.71. The topological polar surface area (TPSA) is 75.7 Å². The van der Waals surface area contributed by atoms with E-state index in [1.165, 1.54) is 0 Å². The number of benzene rings is 1. The summed E-state index contributed by atoms with van der Waals surface area (Å²) in [6.45, 7) is 3.57. The highest BCUT2D eigenvalue weighted by Crippen LogP contribution is 2.26. The summed E-state index contributed by atoms with van der Waals surface area (Å²) in [5.41, 5.74) is 1.45. The predicted octanol–water partition coefficient (Wildman–Crippen LogP) is 2.31. The lowest BCUT2D eigenvalue weighted by atomic mass is 9.87. The maximum absolute atomic E-state index is 12.2. The van der Waals surface area contributed by atoms with E-state index in [2.05, 4.69) is 12.2 Å². The monoisotopic (exact) mass is 360 g/mol. The molecular weight excluding hydrogens is 332 g/mol. The number of carbonyl (C=O) groups is 3. The Morgan fingerprint density at radius 2 is 1.88 bits per heavy atom. The fraction of sp³-hybridized carbons (Fsp3) is 0.550. The number of rotatable bonds is 6. The summed E-state index contributed by atoms with van der Waals surface area (Å²) in [7, 11) is 1.76. The normalized spacial score (nSPS) is 19.5. The number of nitrogens with one attached hydrogen (secondary N) is 1. The molecule has 0 atom stereocenters. The van der Waals surface area contributed by atoms with E-state index in [1.54, 1.807) is 30.1 Å². The summed E-state index contributed by atoms with van der Waals surface area (Å²) in [4.78, 5) is 37.6. The maximum atomic E-state index is 12.2. The predicted molar refractivity (Wildman–Crippen MR) is 98.7 cm³/mol. The van der Waals surface area contributed by atoms with Crippen molar-refractivity contribution in [1.82, 2.24) is 10.2 Å². The van der Waals surface area contributed by atoms with Crippen LogP contribution < -0.4 is 5.32 Å². The number of ether oxygens (including phenoxy) is 1. The highest BCUT2D eigenvalue weighted by Gasteiger charge is 2.25. The molecule has 0 spiro atoms. The van der Waals surface area contributed by atoms with Crippen molar-refractivity contribution < 1.29 is 19.1 Å². The maximum Gasteiger partial charge on any atom is 0.325 e. The van der Waals surface area contributed by atoms with Gasteiger partial charge < -0.3 is 15.0 Å². The molecule has 1 aliphatic rings. The van der Waals surface area contributed by atoms with Gasteiger partial charge in [-0.1, -0.05) is 24.6 Å². The summed E-state index contributed by atoms with van der Waals surface area (Å²) < 4.78 is 5.00. The Morgan fingerprint density at radius 1 is 1.19 bits per heavy atom. The molecule has 0 heterocycles. The van der Waals surface area contributed by atoms with E-state index in [4.69, 9.17) is 4.74 Å². The molecule has 0 bridgehead atoms. The fourth-order valence-corrected chi connectivity index (χ4v) is 3.17. The lowest BCUT2D eigenvalue weighted by molar-refractivity contribution is -0.151. The first-order chi connectivity index (χ1) is 12.4. The zero-order chi connectivity index (χ0) is 19.1. The second-order valence-corrected chi connectivity index (χ2v) is 7.13. The van der Waals surface area contributed by atoms with Crippen LogP contribution in [0.3, 0.4) is 0 Å². The molecule has 6 heteroatoms. The van der Waals surface area contributed by atoms with Crippen LogP contribution in [0.5, 0.6) is 0 Å². The van der Waals surface area contributed by atoms with Crippen molar-refractivity contribution in [1.29, 1.82) is 0 Å². The molecule has 2 amide bonds. The zero-order valence-electron chi connectivity index (χ0n) is 15.8. The van der Waals surface area contributed by atoms with Crippen molar-refractivity contribution in [2.24, 2.45) is 5.92 Å². The quantitative estimate of drug-likeness (QED) is 0.790. The Bertz CT molecular complexity index is 651. The number of likely N-dealkylation sites (N-methyl/N-ethyl adjacent to an activating group) is 1. The van der Waals surface area contributed by atoms with Crippen molar-refractivity contribution in [3.8, 4) is 0 Å². The first-order valence-corrected chi connectivity index (χ1v) is 9.13. The molecule has 0 saturated heterocycles. The van der Waals surface area contributed by atoms with E-state index >= 15 is 0 Å². The van der Waals surface area contributed by atoms with Crippen LogP contribution in [-0.2, 0) is 14.3 Å². The van der Waals surface area contributed by atoms with E-state index < -0.39 is 5.97 Å². The van der Waals surface area contributed by atoms with Crippen LogP contribution in [0, 0.1) is 12.8 Å². The van der Waals surface area contributed by atoms with Gasteiger partial charge in [0.2, 0.25) is 0 Å². The molecule has 142 valence electrons. The van der Waals surface area contributed by atoms with Gasteiger partial charge in [0.25, 0.3) is 11.8 Å². The van der Waals surface area contributed by atoms with Gasteiger partial charge in [-0.25, -0.2) is 0 Å². The molecule has 1 saturated carbocycles. The summed E-state index contributed by atoms with van der Waals surface area (Å²) in [5, 5.41) is 2.51. The lowest BCUT2D eigenvalue weighted by Gasteiger charge is -2.33. The van der Waals surface area contributed by atoms with E-state index in [9.17, 15) is 14.4 Å². The van der Waals surface area contributed by atoms with Crippen molar-refractivity contribution in [2.45, 2.75) is 45.6 Å². The van der Waals surface area contributed by atoms with Gasteiger partial charge in [-0.2, -0.15) is 0 Å². The molecule has 1 aliphatic carbocycles. The van der Waals surface area contributed by atoms with Crippen LogP contribution in [0.25, 0.3) is 0 Å². The number of hydrogen-bond donors (Lipinski definition) is 1. The highest BCUT2D eigenvalue weighted by atomic mass is 16.5. The summed E-state index contributed by atoms with van der Waals surface area (Å²) >= 11 is 0. The van der Waals surface area contributed by atoms with Gasteiger partial charge in [-0.15, -0.1) is 0 Å². The Labute approximate surface area is 154 Å². The van der Waals surface area contributed by atoms with Crippen molar-refractivity contribution >= 4 is 17.8 Å². The summed E-state index contributed by atoms with van der Waals surface area (Å²) in [6.07, 6.45) is 4.22. The molecular formula is C20H28N2O4. The molecule has 1 fully saturated rings. The minimum Gasteiger partial charge on any atom is -0.454 e. The average molecular weight is 360 g/mol. The zero-order valence-corrected chi connectivity index (χ0v) is 15.8. The van der Waals surface area contributed by atoms with Gasteiger partial charge in [0.1, 0.15) is 6.54 Å². The van der Waals surface area contributed by atoms with Crippen molar-refractivity contribution in [3.05, 3.63) is 35.4 Å². The molecule has 1 aromatic rings. The molecule has 0 aliphatic heterocycles. The largest absolute Gasteiger partial charge is 0.454 e. The number of nitrogens with zero attached hydrogens (tertiary/aromatic N) is 1. The minimum absolute atomic E-state index is 0.206. The number of amides is 2. The summed E-state index contributed by atoms with van der Waals surface area (Å²) in [5.74, 6) is -0.456. The first kappa shape index (κ1) is 19.9. The second-order valence-electron chi connectivity index (χ2n) is 7.13. The van der Waals surface area contributed by atoms with Crippen LogP contribution in [0.15, 0.2) is 24.3 Å². The molecule has 2 rings (SSSR count). The van der Waals surface area contributed by atoms with E-state index in [0.717, 1.165) is 31.2 Å². The first-order valence-electron chi connectivity index (χ1n) is 9.13. The van der Waals surface area contributed by atoms with Gasteiger partial charge in [0.05, 0.1) is 0 Å². The van der Waals surface area contributed by atoms with Crippen LogP contribution in [-0.4, -0.2) is 48.9 Å². The molecule has 1 aromatic carbocycles. The third kappa shape index (κ3) is 5.86. The standard InChI is InChI=1S/C20H28N2O4/c1-14-7-9-17(10-8-14)22(3)18(23)13-26-19(24)12-21-20(25)16-6-4-5-15(2)11-16/h4-6,11,14,17H,7-10,12-13H2,1-3H3,(H,21,25). The Kier molecular flexibility index (Phi) is 7.18. The average Bonchev–Trinajstić information content (AvgIpc) is 2.64. The Hall–Kier alpha value is -2.37. The van der Waals surface area contributed by atoms with Crippen LogP contribution in [0.4, 0.5) is 0 Å². The van der Waals surface area contributed by atoms with Crippen LogP contribution in [0.1, 0.15) is 48.5 Å². The lowest BCUT2D eigenvalue weighted by Crippen LogP contribution is -2.42. The number of esters is 1. The van der Waals surface area contributed by atoms with Gasteiger partial charge in [0, 0.05) is 18.7 Å². The second kappa shape index (κ2) is 9.36. The van der Waals surface area contributed by atoms with Crippen molar-refractivity contribution in [2.75, 3.05) is 20.2 Å².